The molecular formula is C11H22N2O2. The number of hydrogen-bond donors (Lipinski definition) is 1. The zero-order valence-electron chi connectivity index (χ0n) is 10.0. The summed E-state index contributed by atoms with van der Waals surface area (Å²) >= 11 is 0. The monoisotopic (exact) mass is 214 g/mol. The van der Waals surface area contributed by atoms with Crippen molar-refractivity contribution in [1.29, 1.82) is 0 Å². The lowest BCUT2D eigenvalue weighted by Gasteiger charge is -2.18. The fourth-order valence-corrected chi connectivity index (χ4v) is 1.31. The van der Waals surface area contributed by atoms with E-state index in [1.54, 1.807) is 7.05 Å². The molecule has 0 unspecified atom stereocenters. The standard InChI is InChI=1S/C11H22N2O2/c1-4-10(14)7-6-8-13(5-2)9-11(15)12-3/h4-9H2,1-3H3,(H,12,15). The molecule has 4 heteroatoms. The van der Waals surface area contributed by atoms with Crippen LogP contribution < -0.4 is 5.32 Å². The lowest BCUT2D eigenvalue weighted by molar-refractivity contribution is -0.121. The number of likely N-dealkylation sites (N-methyl/N-ethyl adjacent to an activating group) is 2. The molecule has 4 nitrogen and oxygen atoms in total. The number of nitrogens with zero attached hydrogens (tertiary/aromatic N) is 1. The molecular weight excluding hydrogens is 192 g/mol. The van der Waals surface area contributed by atoms with Crippen LogP contribution in [0.4, 0.5) is 0 Å². The average molecular weight is 214 g/mol. The minimum absolute atomic E-state index is 0.0265. The summed E-state index contributed by atoms with van der Waals surface area (Å²) < 4.78 is 0. The first-order valence-corrected chi connectivity index (χ1v) is 5.58. The highest BCUT2D eigenvalue weighted by molar-refractivity contribution is 5.78. The summed E-state index contributed by atoms with van der Waals surface area (Å²) in [5, 5.41) is 2.59. The van der Waals surface area contributed by atoms with Crippen molar-refractivity contribution in [1.82, 2.24) is 10.2 Å². The van der Waals surface area contributed by atoms with Gasteiger partial charge in [-0.15, -0.1) is 0 Å². The van der Waals surface area contributed by atoms with E-state index in [9.17, 15) is 9.59 Å². The fourth-order valence-electron chi connectivity index (χ4n) is 1.31. The molecule has 88 valence electrons. The Bertz CT molecular complexity index is 205. The third kappa shape index (κ3) is 7.08. The predicted molar refractivity (Wildman–Crippen MR) is 60.7 cm³/mol. The summed E-state index contributed by atoms with van der Waals surface area (Å²) in [4.78, 5) is 24.2. The molecule has 0 saturated carbocycles. The van der Waals surface area contributed by atoms with Gasteiger partial charge in [0.25, 0.3) is 0 Å². The molecule has 0 spiro atoms. The van der Waals surface area contributed by atoms with Crippen LogP contribution in [-0.2, 0) is 9.59 Å². The highest BCUT2D eigenvalue weighted by atomic mass is 16.2. The Labute approximate surface area is 92.0 Å². The second-order valence-corrected chi connectivity index (χ2v) is 3.54. The molecule has 1 amide bonds. The molecule has 0 fully saturated rings. The number of carbonyl (C=O) groups excluding carboxylic acids is 2. The Morgan fingerprint density at radius 3 is 2.40 bits per heavy atom. The van der Waals surface area contributed by atoms with Gasteiger partial charge in [0.15, 0.2) is 0 Å². The minimum atomic E-state index is 0.0265. The van der Waals surface area contributed by atoms with Crippen LogP contribution in [0.3, 0.4) is 0 Å². The SMILES string of the molecule is CCC(=O)CCCN(CC)CC(=O)NC. The van der Waals surface area contributed by atoms with Crippen LogP contribution in [0, 0.1) is 0 Å². The van der Waals surface area contributed by atoms with Gasteiger partial charge < -0.3 is 5.32 Å². The molecule has 0 atom stereocenters. The molecule has 0 radical (unpaired) electrons. The molecule has 1 N–H and O–H groups in total. The second kappa shape index (κ2) is 8.41. The highest BCUT2D eigenvalue weighted by Gasteiger charge is 2.07. The van der Waals surface area contributed by atoms with Gasteiger partial charge in [-0.1, -0.05) is 13.8 Å². The van der Waals surface area contributed by atoms with Crippen molar-refractivity contribution in [3.8, 4) is 0 Å². The Hall–Kier alpha value is -0.900. The molecule has 0 bridgehead atoms. The van der Waals surface area contributed by atoms with E-state index in [0.29, 0.717) is 25.2 Å². The third-order valence-electron chi connectivity index (χ3n) is 2.42. The maximum Gasteiger partial charge on any atom is 0.233 e. The summed E-state index contributed by atoms with van der Waals surface area (Å²) in [6.45, 7) is 5.98. The number of amides is 1. The van der Waals surface area contributed by atoms with E-state index in [2.05, 4.69) is 5.32 Å². The van der Waals surface area contributed by atoms with Gasteiger partial charge in [0, 0.05) is 19.9 Å². The molecule has 0 heterocycles. The van der Waals surface area contributed by atoms with Crippen LogP contribution in [0.25, 0.3) is 0 Å². The first-order chi connectivity index (χ1) is 7.13. The summed E-state index contributed by atoms with van der Waals surface area (Å²) in [6, 6.07) is 0. The topological polar surface area (TPSA) is 49.4 Å². The Morgan fingerprint density at radius 1 is 1.27 bits per heavy atom. The van der Waals surface area contributed by atoms with Crippen LogP contribution >= 0.6 is 0 Å². The minimum Gasteiger partial charge on any atom is -0.358 e. The van der Waals surface area contributed by atoms with Gasteiger partial charge in [-0.3, -0.25) is 14.5 Å². The molecule has 0 aromatic rings. The van der Waals surface area contributed by atoms with E-state index in [-0.39, 0.29) is 5.91 Å². The Kier molecular flexibility index (Phi) is 7.91. The summed E-state index contributed by atoms with van der Waals surface area (Å²) in [5.41, 5.74) is 0. The van der Waals surface area contributed by atoms with Gasteiger partial charge in [-0.2, -0.15) is 0 Å². The molecule has 0 saturated heterocycles. The van der Waals surface area contributed by atoms with Gasteiger partial charge in [0.05, 0.1) is 6.54 Å². The van der Waals surface area contributed by atoms with E-state index in [0.717, 1.165) is 19.5 Å². The van der Waals surface area contributed by atoms with Gasteiger partial charge >= 0.3 is 0 Å². The number of nitrogens with one attached hydrogen (secondary N) is 1. The number of carbonyl (C=O) groups is 2. The van der Waals surface area contributed by atoms with Crippen LogP contribution in [0.15, 0.2) is 0 Å². The zero-order valence-corrected chi connectivity index (χ0v) is 10.0. The second-order valence-electron chi connectivity index (χ2n) is 3.54. The summed E-state index contributed by atoms with van der Waals surface area (Å²) in [5.74, 6) is 0.324. The highest BCUT2D eigenvalue weighted by Crippen LogP contribution is 1.98. The first-order valence-electron chi connectivity index (χ1n) is 5.58. The van der Waals surface area contributed by atoms with Crippen molar-refractivity contribution >= 4 is 11.7 Å². The van der Waals surface area contributed by atoms with Crippen molar-refractivity contribution in [2.45, 2.75) is 33.1 Å². The number of rotatable bonds is 8. The third-order valence-corrected chi connectivity index (χ3v) is 2.42. The van der Waals surface area contributed by atoms with Gasteiger partial charge in [0.2, 0.25) is 5.91 Å². The van der Waals surface area contributed by atoms with Gasteiger partial charge in [-0.05, 0) is 19.5 Å². The lowest BCUT2D eigenvalue weighted by atomic mass is 10.2. The molecule has 0 aliphatic heterocycles. The van der Waals surface area contributed by atoms with E-state index < -0.39 is 0 Å². The van der Waals surface area contributed by atoms with Crippen LogP contribution in [0.1, 0.15) is 33.1 Å². The molecule has 0 aliphatic carbocycles. The first kappa shape index (κ1) is 14.1. The molecule has 0 aromatic carbocycles. The smallest absolute Gasteiger partial charge is 0.233 e. The maximum absolute atomic E-state index is 11.1. The number of Topliss-reactive ketones (excluding diaryl/α,β-unsaturated/α-hetero) is 1. The van der Waals surface area contributed by atoms with Gasteiger partial charge in [0.1, 0.15) is 5.78 Å². The van der Waals surface area contributed by atoms with E-state index >= 15 is 0 Å². The molecule has 0 rings (SSSR count). The largest absolute Gasteiger partial charge is 0.358 e. The van der Waals surface area contributed by atoms with Crippen molar-refractivity contribution in [2.24, 2.45) is 0 Å². The van der Waals surface area contributed by atoms with E-state index in [1.165, 1.54) is 0 Å². The van der Waals surface area contributed by atoms with Crippen molar-refractivity contribution in [3.63, 3.8) is 0 Å². The van der Waals surface area contributed by atoms with Crippen LogP contribution in [0.5, 0.6) is 0 Å². The summed E-state index contributed by atoms with van der Waals surface area (Å²) in [6.07, 6.45) is 2.08. The lowest BCUT2D eigenvalue weighted by Crippen LogP contribution is -2.36. The molecule has 0 aliphatic rings. The van der Waals surface area contributed by atoms with E-state index in [1.807, 2.05) is 18.7 Å². The van der Waals surface area contributed by atoms with Crippen LogP contribution in [0.2, 0.25) is 0 Å². The van der Waals surface area contributed by atoms with Crippen LogP contribution in [-0.4, -0.2) is 43.3 Å². The maximum atomic E-state index is 11.1. The molecule has 0 aromatic heterocycles. The Balaban J connectivity index is 3.70. The average Bonchev–Trinajstić information content (AvgIpc) is 2.26. The predicted octanol–water partition coefficient (Wildman–Crippen LogP) is 0.814. The molecule has 15 heavy (non-hydrogen) atoms. The van der Waals surface area contributed by atoms with Crippen molar-refractivity contribution in [2.75, 3.05) is 26.7 Å². The van der Waals surface area contributed by atoms with Crippen molar-refractivity contribution < 1.29 is 9.59 Å². The van der Waals surface area contributed by atoms with E-state index in [4.69, 9.17) is 0 Å². The normalized spacial score (nSPS) is 10.4. The Morgan fingerprint density at radius 2 is 1.93 bits per heavy atom. The quantitative estimate of drug-likeness (QED) is 0.650. The fraction of sp³-hybridized carbons (Fsp3) is 0.818. The van der Waals surface area contributed by atoms with Crippen molar-refractivity contribution in [3.05, 3.63) is 0 Å². The number of ketones is 1. The zero-order chi connectivity index (χ0) is 11.7. The number of hydrogen-bond acceptors (Lipinski definition) is 3. The summed E-state index contributed by atoms with van der Waals surface area (Å²) in [7, 11) is 1.64. The van der Waals surface area contributed by atoms with Gasteiger partial charge in [-0.25, -0.2) is 0 Å².